The smallest absolute Gasteiger partial charge is 0.338 e. The molecule has 0 radical (unpaired) electrons. The number of ether oxygens (including phenoxy) is 2. The van der Waals surface area contributed by atoms with Crippen molar-refractivity contribution >= 4 is 28.2 Å². The van der Waals surface area contributed by atoms with Gasteiger partial charge in [0.1, 0.15) is 5.75 Å². The maximum absolute atomic E-state index is 11.7. The second kappa shape index (κ2) is 7.21. The Bertz CT molecular complexity index is 905. The van der Waals surface area contributed by atoms with Crippen LogP contribution in [0.1, 0.15) is 23.0 Å². The molecule has 0 aliphatic rings. The summed E-state index contributed by atoms with van der Waals surface area (Å²) in [5.41, 5.74) is 4.15. The summed E-state index contributed by atoms with van der Waals surface area (Å²) in [6.45, 7) is 4.11. The summed E-state index contributed by atoms with van der Waals surface area (Å²) >= 11 is 0. The van der Waals surface area contributed by atoms with Crippen LogP contribution in [-0.2, 0) is 4.74 Å². The molecule has 3 aromatic rings. The molecule has 128 valence electrons. The Kier molecular flexibility index (Phi) is 4.84. The van der Waals surface area contributed by atoms with Crippen molar-refractivity contribution in [2.45, 2.75) is 13.8 Å². The minimum atomic E-state index is -0.314. The molecule has 1 heterocycles. The fourth-order valence-electron chi connectivity index (χ4n) is 2.63. The number of esters is 1. The van der Waals surface area contributed by atoms with Gasteiger partial charge in [-0.1, -0.05) is 0 Å². The first-order valence-corrected chi connectivity index (χ1v) is 8.10. The minimum absolute atomic E-state index is 0.314. The average Bonchev–Trinajstić information content (AvgIpc) is 2.61. The number of pyridine rings is 1. The Labute approximate surface area is 146 Å². The van der Waals surface area contributed by atoms with E-state index in [0.29, 0.717) is 12.2 Å². The molecule has 5 heteroatoms. The summed E-state index contributed by atoms with van der Waals surface area (Å²) in [7, 11) is 1.64. The van der Waals surface area contributed by atoms with E-state index in [4.69, 9.17) is 9.47 Å². The van der Waals surface area contributed by atoms with E-state index in [1.54, 1.807) is 26.2 Å². The lowest BCUT2D eigenvalue weighted by molar-refractivity contribution is 0.0526. The van der Waals surface area contributed by atoms with Gasteiger partial charge in [0, 0.05) is 28.5 Å². The van der Waals surface area contributed by atoms with Crippen LogP contribution < -0.4 is 10.1 Å². The SMILES string of the molecule is CCOC(=O)c1ccc(Nc2cc(C)nc3cc(OC)ccc23)cc1. The molecular formula is C20H20N2O3. The Morgan fingerprint density at radius 1 is 1.12 bits per heavy atom. The number of aromatic nitrogens is 1. The van der Waals surface area contributed by atoms with Gasteiger partial charge >= 0.3 is 5.97 Å². The largest absolute Gasteiger partial charge is 0.497 e. The van der Waals surface area contributed by atoms with E-state index in [1.807, 2.05) is 43.3 Å². The Balaban J connectivity index is 1.91. The van der Waals surface area contributed by atoms with E-state index in [9.17, 15) is 4.79 Å². The molecule has 5 nitrogen and oxygen atoms in total. The third-order valence-electron chi connectivity index (χ3n) is 3.82. The van der Waals surface area contributed by atoms with Crippen molar-refractivity contribution in [1.82, 2.24) is 4.98 Å². The monoisotopic (exact) mass is 336 g/mol. The van der Waals surface area contributed by atoms with E-state index >= 15 is 0 Å². The summed E-state index contributed by atoms with van der Waals surface area (Å²) in [6, 6.07) is 15.0. The van der Waals surface area contributed by atoms with Gasteiger partial charge in [0.15, 0.2) is 0 Å². The number of anilines is 2. The number of carbonyl (C=O) groups is 1. The molecule has 0 atom stereocenters. The summed E-state index contributed by atoms with van der Waals surface area (Å²) in [5.74, 6) is 0.460. The van der Waals surface area contributed by atoms with Crippen molar-refractivity contribution < 1.29 is 14.3 Å². The van der Waals surface area contributed by atoms with Crippen molar-refractivity contribution in [2.24, 2.45) is 0 Å². The first kappa shape index (κ1) is 16.8. The summed E-state index contributed by atoms with van der Waals surface area (Å²) in [4.78, 5) is 16.3. The zero-order valence-corrected chi connectivity index (χ0v) is 14.5. The number of nitrogens with one attached hydrogen (secondary N) is 1. The van der Waals surface area contributed by atoms with Crippen LogP contribution in [-0.4, -0.2) is 24.7 Å². The molecule has 0 spiro atoms. The number of nitrogens with zero attached hydrogens (tertiary/aromatic N) is 1. The number of carbonyl (C=O) groups excluding carboxylic acids is 1. The Morgan fingerprint density at radius 2 is 1.88 bits per heavy atom. The van der Waals surface area contributed by atoms with Gasteiger partial charge in [-0.25, -0.2) is 4.79 Å². The van der Waals surface area contributed by atoms with Gasteiger partial charge in [0.05, 0.1) is 24.8 Å². The molecule has 0 bridgehead atoms. The number of hydrogen-bond donors (Lipinski definition) is 1. The number of rotatable bonds is 5. The summed E-state index contributed by atoms with van der Waals surface area (Å²) in [6.07, 6.45) is 0. The van der Waals surface area contributed by atoms with Crippen LogP contribution in [0.5, 0.6) is 5.75 Å². The van der Waals surface area contributed by atoms with Crippen LogP contribution in [0, 0.1) is 6.92 Å². The summed E-state index contributed by atoms with van der Waals surface area (Å²) < 4.78 is 10.3. The van der Waals surface area contributed by atoms with Crippen molar-refractivity contribution in [1.29, 1.82) is 0 Å². The highest BCUT2D eigenvalue weighted by atomic mass is 16.5. The predicted octanol–water partition coefficient (Wildman–Crippen LogP) is 4.47. The van der Waals surface area contributed by atoms with Crippen molar-refractivity contribution in [3.8, 4) is 5.75 Å². The second-order valence-corrected chi connectivity index (χ2v) is 5.62. The Morgan fingerprint density at radius 3 is 2.56 bits per heavy atom. The van der Waals surface area contributed by atoms with Crippen molar-refractivity contribution in [3.05, 3.63) is 59.8 Å². The number of hydrogen-bond acceptors (Lipinski definition) is 5. The second-order valence-electron chi connectivity index (χ2n) is 5.62. The fourth-order valence-corrected chi connectivity index (χ4v) is 2.63. The molecule has 0 saturated heterocycles. The fraction of sp³-hybridized carbons (Fsp3) is 0.200. The number of aryl methyl sites for hydroxylation is 1. The zero-order chi connectivity index (χ0) is 17.8. The molecule has 0 amide bonds. The van der Waals surface area contributed by atoms with Crippen LogP contribution in [0.25, 0.3) is 10.9 Å². The number of benzene rings is 2. The van der Waals surface area contributed by atoms with Crippen molar-refractivity contribution in [2.75, 3.05) is 19.0 Å². The molecule has 1 aromatic heterocycles. The molecule has 0 aliphatic carbocycles. The molecular weight excluding hydrogens is 316 g/mol. The van der Waals surface area contributed by atoms with Crippen LogP contribution in [0.15, 0.2) is 48.5 Å². The predicted molar refractivity (Wildman–Crippen MR) is 98.7 cm³/mol. The highest BCUT2D eigenvalue weighted by Gasteiger charge is 2.08. The molecule has 0 aliphatic heterocycles. The van der Waals surface area contributed by atoms with Gasteiger partial charge in [0.2, 0.25) is 0 Å². The average molecular weight is 336 g/mol. The maximum Gasteiger partial charge on any atom is 0.338 e. The molecule has 3 rings (SSSR count). The molecule has 25 heavy (non-hydrogen) atoms. The van der Waals surface area contributed by atoms with Gasteiger partial charge in [-0.05, 0) is 56.3 Å². The maximum atomic E-state index is 11.7. The third kappa shape index (κ3) is 3.71. The lowest BCUT2D eigenvalue weighted by atomic mass is 10.1. The topological polar surface area (TPSA) is 60.5 Å². The van der Waals surface area contributed by atoms with E-state index in [1.165, 1.54) is 0 Å². The quantitative estimate of drug-likeness (QED) is 0.697. The molecule has 2 aromatic carbocycles. The van der Waals surface area contributed by atoms with E-state index in [0.717, 1.165) is 33.7 Å². The molecule has 0 unspecified atom stereocenters. The van der Waals surface area contributed by atoms with Gasteiger partial charge in [0.25, 0.3) is 0 Å². The van der Waals surface area contributed by atoms with E-state index in [-0.39, 0.29) is 5.97 Å². The standard InChI is InChI=1S/C20H20N2O3/c1-4-25-20(23)14-5-7-15(8-6-14)22-18-11-13(2)21-19-12-16(24-3)9-10-17(18)19/h5-12H,4H2,1-3H3,(H,21,22). The van der Waals surface area contributed by atoms with Crippen LogP contribution >= 0.6 is 0 Å². The first-order valence-electron chi connectivity index (χ1n) is 8.10. The number of fused-ring (bicyclic) bond motifs is 1. The normalized spacial score (nSPS) is 10.5. The Hall–Kier alpha value is -3.08. The van der Waals surface area contributed by atoms with Gasteiger partial charge in [-0.3, -0.25) is 4.98 Å². The van der Waals surface area contributed by atoms with Crippen LogP contribution in [0.4, 0.5) is 11.4 Å². The van der Waals surface area contributed by atoms with Crippen molar-refractivity contribution in [3.63, 3.8) is 0 Å². The van der Waals surface area contributed by atoms with E-state index < -0.39 is 0 Å². The lowest BCUT2D eigenvalue weighted by Crippen LogP contribution is -2.04. The van der Waals surface area contributed by atoms with Crippen LogP contribution in [0.3, 0.4) is 0 Å². The zero-order valence-electron chi connectivity index (χ0n) is 14.5. The first-order chi connectivity index (χ1) is 12.1. The van der Waals surface area contributed by atoms with Gasteiger partial charge in [-0.15, -0.1) is 0 Å². The van der Waals surface area contributed by atoms with Gasteiger partial charge in [-0.2, -0.15) is 0 Å². The minimum Gasteiger partial charge on any atom is -0.497 e. The van der Waals surface area contributed by atoms with Crippen LogP contribution in [0.2, 0.25) is 0 Å². The highest BCUT2D eigenvalue weighted by Crippen LogP contribution is 2.29. The third-order valence-corrected chi connectivity index (χ3v) is 3.82. The van der Waals surface area contributed by atoms with Gasteiger partial charge < -0.3 is 14.8 Å². The summed E-state index contributed by atoms with van der Waals surface area (Å²) in [5, 5.41) is 4.39. The number of methoxy groups -OCH3 is 1. The molecule has 0 saturated carbocycles. The molecule has 0 fully saturated rings. The highest BCUT2D eigenvalue weighted by molar-refractivity contribution is 5.94. The molecule has 1 N–H and O–H groups in total. The lowest BCUT2D eigenvalue weighted by Gasteiger charge is -2.12. The van der Waals surface area contributed by atoms with E-state index in [2.05, 4.69) is 10.3 Å².